The summed E-state index contributed by atoms with van der Waals surface area (Å²) in [6, 6.07) is 7.84. The topological polar surface area (TPSA) is 59.6 Å². The lowest BCUT2D eigenvalue weighted by molar-refractivity contribution is -0.124. The molecular weight excluding hydrogens is 292 g/mol. The molecule has 0 radical (unpaired) electrons. The highest BCUT2D eigenvalue weighted by Gasteiger charge is 2.34. The van der Waals surface area contributed by atoms with Crippen LogP contribution in [0, 0.1) is 5.41 Å². The summed E-state index contributed by atoms with van der Waals surface area (Å²) < 4.78 is 11.1. The van der Waals surface area contributed by atoms with E-state index in [0.29, 0.717) is 19.8 Å². The van der Waals surface area contributed by atoms with Crippen LogP contribution in [0.4, 0.5) is 0 Å². The minimum atomic E-state index is -0.110. The Kier molecular flexibility index (Phi) is 5.18. The van der Waals surface area contributed by atoms with E-state index in [-0.39, 0.29) is 17.2 Å². The van der Waals surface area contributed by atoms with Crippen molar-refractivity contribution in [1.82, 2.24) is 10.6 Å². The number of para-hydroxylation sites is 1. The van der Waals surface area contributed by atoms with Crippen LogP contribution >= 0.6 is 0 Å². The lowest BCUT2D eigenvalue weighted by Gasteiger charge is -2.37. The van der Waals surface area contributed by atoms with Crippen LogP contribution in [-0.4, -0.2) is 45.9 Å². The zero-order chi connectivity index (χ0) is 16.1. The number of methoxy groups -OCH3 is 1. The molecule has 1 unspecified atom stereocenters. The third-order valence-corrected chi connectivity index (χ3v) is 5.03. The molecule has 1 atom stereocenters. The first-order valence-corrected chi connectivity index (χ1v) is 8.43. The molecule has 1 amide bonds. The average molecular weight is 318 g/mol. The summed E-state index contributed by atoms with van der Waals surface area (Å²) in [7, 11) is 1.74. The number of fused-ring (bicyclic) bond motifs is 1. The molecule has 5 nitrogen and oxygen atoms in total. The van der Waals surface area contributed by atoms with E-state index in [1.54, 1.807) is 7.11 Å². The number of amides is 1. The van der Waals surface area contributed by atoms with Gasteiger partial charge in [-0.25, -0.2) is 0 Å². The van der Waals surface area contributed by atoms with E-state index in [1.807, 2.05) is 24.3 Å². The summed E-state index contributed by atoms with van der Waals surface area (Å²) in [4.78, 5) is 12.7. The van der Waals surface area contributed by atoms with Gasteiger partial charge in [-0.1, -0.05) is 18.2 Å². The van der Waals surface area contributed by atoms with E-state index >= 15 is 0 Å². The fourth-order valence-corrected chi connectivity index (χ4v) is 3.65. The number of carbonyl (C=O) groups excluding carboxylic acids is 1. The molecule has 2 aliphatic rings. The van der Waals surface area contributed by atoms with Crippen LogP contribution < -0.4 is 15.4 Å². The van der Waals surface area contributed by atoms with Crippen molar-refractivity contribution in [3.8, 4) is 5.75 Å². The Labute approximate surface area is 137 Å². The quantitative estimate of drug-likeness (QED) is 0.867. The van der Waals surface area contributed by atoms with Crippen LogP contribution in [0.15, 0.2) is 24.3 Å². The molecule has 126 valence electrons. The summed E-state index contributed by atoms with van der Waals surface area (Å²) in [5.74, 6) is 0.836. The fourth-order valence-electron chi connectivity index (χ4n) is 3.65. The number of ether oxygens (including phenoxy) is 2. The van der Waals surface area contributed by atoms with Crippen molar-refractivity contribution in [2.75, 3.05) is 40.0 Å². The van der Waals surface area contributed by atoms with Crippen LogP contribution in [0.1, 0.15) is 30.7 Å². The first-order chi connectivity index (χ1) is 11.2. The zero-order valence-corrected chi connectivity index (χ0v) is 13.8. The van der Waals surface area contributed by atoms with E-state index < -0.39 is 0 Å². The molecule has 0 bridgehead atoms. The second kappa shape index (κ2) is 7.32. The van der Waals surface area contributed by atoms with Gasteiger partial charge in [0.05, 0.1) is 19.1 Å². The van der Waals surface area contributed by atoms with Crippen molar-refractivity contribution in [3.05, 3.63) is 29.8 Å². The predicted octanol–water partition coefficient (Wildman–Crippen LogP) is 1.69. The van der Waals surface area contributed by atoms with E-state index in [9.17, 15) is 4.79 Å². The van der Waals surface area contributed by atoms with Crippen molar-refractivity contribution in [2.24, 2.45) is 5.41 Å². The molecule has 23 heavy (non-hydrogen) atoms. The molecule has 1 saturated heterocycles. The Morgan fingerprint density at radius 3 is 2.96 bits per heavy atom. The summed E-state index contributed by atoms with van der Waals surface area (Å²) in [5, 5.41) is 6.56. The van der Waals surface area contributed by atoms with Crippen LogP contribution in [0.25, 0.3) is 0 Å². The Morgan fingerprint density at radius 2 is 2.17 bits per heavy atom. The lowest BCUT2D eigenvalue weighted by atomic mass is 9.79. The Bertz CT molecular complexity index is 535. The third-order valence-electron chi connectivity index (χ3n) is 5.03. The van der Waals surface area contributed by atoms with Crippen molar-refractivity contribution in [3.63, 3.8) is 0 Å². The van der Waals surface area contributed by atoms with Gasteiger partial charge in [-0.2, -0.15) is 0 Å². The largest absolute Gasteiger partial charge is 0.493 e. The Balaban J connectivity index is 1.65. The zero-order valence-electron chi connectivity index (χ0n) is 13.8. The molecular formula is C18H26N2O3. The first-order valence-electron chi connectivity index (χ1n) is 8.43. The lowest BCUT2D eigenvalue weighted by Crippen LogP contribution is -2.48. The monoisotopic (exact) mass is 318 g/mol. The van der Waals surface area contributed by atoms with Gasteiger partial charge in [-0.15, -0.1) is 0 Å². The average Bonchev–Trinajstić information content (AvgIpc) is 2.60. The fraction of sp³-hybridized carbons (Fsp3) is 0.611. The van der Waals surface area contributed by atoms with Gasteiger partial charge in [-0.3, -0.25) is 4.79 Å². The molecule has 1 aromatic rings. The van der Waals surface area contributed by atoms with E-state index in [4.69, 9.17) is 9.47 Å². The minimum absolute atomic E-state index is 0.0559. The number of benzene rings is 1. The minimum Gasteiger partial charge on any atom is -0.493 e. The van der Waals surface area contributed by atoms with Crippen LogP contribution in [0.3, 0.4) is 0 Å². The van der Waals surface area contributed by atoms with Gasteiger partial charge in [0.2, 0.25) is 5.91 Å². The van der Waals surface area contributed by atoms with Gasteiger partial charge in [0, 0.05) is 24.6 Å². The molecule has 5 heteroatoms. The summed E-state index contributed by atoms with van der Waals surface area (Å²) in [5.41, 5.74) is 1.06. The molecule has 1 fully saturated rings. The first kappa shape index (κ1) is 16.3. The van der Waals surface area contributed by atoms with Crippen LogP contribution in [-0.2, 0) is 9.53 Å². The number of nitrogens with one attached hydrogen (secondary N) is 2. The predicted molar refractivity (Wildman–Crippen MR) is 88.7 cm³/mol. The van der Waals surface area contributed by atoms with E-state index in [1.165, 1.54) is 0 Å². The smallest absolute Gasteiger partial charge is 0.227 e. The molecule has 0 saturated carbocycles. The molecule has 0 spiro atoms. The number of hydrogen-bond acceptors (Lipinski definition) is 4. The maximum absolute atomic E-state index is 12.7. The Hall–Kier alpha value is -1.59. The van der Waals surface area contributed by atoms with Crippen molar-refractivity contribution in [2.45, 2.75) is 25.2 Å². The summed E-state index contributed by atoms with van der Waals surface area (Å²) in [6.07, 6.45) is 2.80. The molecule has 2 N–H and O–H groups in total. The van der Waals surface area contributed by atoms with Gasteiger partial charge in [0.1, 0.15) is 5.75 Å². The van der Waals surface area contributed by atoms with E-state index in [2.05, 4.69) is 10.6 Å². The van der Waals surface area contributed by atoms with Gasteiger partial charge in [-0.05, 0) is 38.4 Å². The highest BCUT2D eigenvalue weighted by atomic mass is 16.5. The van der Waals surface area contributed by atoms with E-state index in [0.717, 1.165) is 43.7 Å². The molecule has 0 aliphatic carbocycles. The third kappa shape index (κ3) is 3.67. The molecule has 0 aromatic heterocycles. The highest BCUT2D eigenvalue weighted by molar-refractivity contribution is 5.84. The summed E-state index contributed by atoms with van der Waals surface area (Å²) >= 11 is 0. The maximum Gasteiger partial charge on any atom is 0.227 e. The normalized spacial score (nSPS) is 22.7. The Morgan fingerprint density at radius 1 is 1.39 bits per heavy atom. The second-order valence-corrected chi connectivity index (χ2v) is 6.63. The molecule has 3 rings (SSSR count). The van der Waals surface area contributed by atoms with Crippen molar-refractivity contribution >= 4 is 5.91 Å². The van der Waals surface area contributed by atoms with Crippen LogP contribution in [0.5, 0.6) is 5.75 Å². The van der Waals surface area contributed by atoms with Gasteiger partial charge >= 0.3 is 0 Å². The SMILES string of the molecule is COCC1(CNC(=O)C2CCOc3ccccc32)CCNCC1. The number of piperidine rings is 1. The number of hydrogen-bond donors (Lipinski definition) is 2. The van der Waals surface area contributed by atoms with Gasteiger partial charge in [0.15, 0.2) is 0 Å². The highest BCUT2D eigenvalue weighted by Crippen LogP contribution is 2.34. The van der Waals surface area contributed by atoms with Crippen LogP contribution in [0.2, 0.25) is 0 Å². The van der Waals surface area contributed by atoms with Crippen molar-refractivity contribution in [1.29, 1.82) is 0 Å². The maximum atomic E-state index is 12.7. The standard InChI is InChI=1S/C18H26N2O3/c1-22-13-18(7-9-19-10-8-18)12-20-17(21)15-6-11-23-16-5-3-2-4-14(15)16/h2-5,15,19H,6-13H2,1H3,(H,20,21). The van der Waals surface area contributed by atoms with Crippen molar-refractivity contribution < 1.29 is 14.3 Å². The number of rotatable bonds is 5. The number of carbonyl (C=O) groups is 1. The van der Waals surface area contributed by atoms with Gasteiger partial charge in [0.25, 0.3) is 0 Å². The second-order valence-electron chi connectivity index (χ2n) is 6.63. The summed E-state index contributed by atoms with van der Waals surface area (Å²) in [6.45, 7) is 3.95. The van der Waals surface area contributed by atoms with Gasteiger partial charge < -0.3 is 20.1 Å². The molecule has 2 aliphatic heterocycles. The molecule has 2 heterocycles. The molecule has 1 aromatic carbocycles.